The molecule has 32 heavy (non-hydrogen) atoms. The van der Waals surface area contributed by atoms with Crippen LogP contribution in [-0.4, -0.2) is 20.2 Å². The van der Waals surface area contributed by atoms with E-state index in [9.17, 15) is 10.2 Å². The van der Waals surface area contributed by atoms with Crippen LogP contribution in [0.3, 0.4) is 0 Å². The van der Waals surface area contributed by atoms with Gasteiger partial charge in [0.15, 0.2) is 0 Å². The van der Waals surface area contributed by atoms with Gasteiger partial charge in [0.25, 0.3) is 0 Å². The molecule has 0 spiro atoms. The Kier molecular flexibility index (Phi) is 9.06. The molecule has 5 rings (SSSR count). The van der Waals surface area contributed by atoms with Gasteiger partial charge in [-0.1, -0.05) is 84.9 Å². The zero-order valence-corrected chi connectivity index (χ0v) is 19.6. The molecule has 0 aliphatic rings. The minimum Gasteiger partial charge on any atom is -0.508 e. The summed E-state index contributed by atoms with van der Waals surface area (Å²) in [6.45, 7) is 0. The molecule has 0 saturated carbocycles. The number of benzene rings is 3. The van der Waals surface area contributed by atoms with E-state index in [-0.39, 0.29) is 55.1 Å². The number of hydrogen-bond donors (Lipinski definition) is 2. The van der Waals surface area contributed by atoms with Crippen molar-refractivity contribution in [2.45, 2.75) is 6.10 Å². The summed E-state index contributed by atoms with van der Waals surface area (Å²) in [7, 11) is 0. The summed E-state index contributed by atoms with van der Waals surface area (Å²) in [5.41, 5.74) is 3.41. The van der Waals surface area contributed by atoms with Crippen LogP contribution in [0.25, 0.3) is 27.6 Å². The van der Waals surface area contributed by atoms with Crippen molar-refractivity contribution in [2.24, 2.45) is 0 Å². The number of nitrogens with zero attached hydrogens (tertiary/aromatic N) is 2. The third kappa shape index (κ3) is 6.08. The molecule has 5 heteroatoms. The number of fused-ring (bicyclic) bond motifs is 3. The van der Waals surface area contributed by atoms with Gasteiger partial charge in [-0.15, -0.1) is 0 Å². The van der Waals surface area contributed by atoms with Crippen molar-refractivity contribution in [2.75, 3.05) is 0 Å². The van der Waals surface area contributed by atoms with Crippen LogP contribution >= 0.6 is 0 Å². The zero-order valence-electron chi connectivity index (χ0n) is 17.2. The molecule has 0 aliphatic carbocycles. The Labute approximate surface area is 227 Å². The first kappa shape index (κ1) is 24.2. The van der Waals surface area contributed by atoms with Gasteiger partial charge in [0, 0.05) is 78.1 Å². The van der Waals surface area contributed by atoms with Gasteiger partial charge in [-0.05, 0) is 23.8 Å². The fourth-order valence-electron chi connectivity index (χ4n) is 3.28. The Balaban J connectivity index is 0.000000178. The van der Waals surface area contributed by atoms with E-state index < -0.39 is 6.10 Å². The Bertz CT molecular complexity index is 1250. The van der Waals surface area contributed by atoms with Crippen LogP contribution in [0.2, 0.25) is 0 Å². The minimum atomic E-state index is -0.795. The molecular weight excluding hydrogens is 536 g/mol. The maximum absolute atomic E-state index is 9.92. The van der Waals surface area contributed by atoms with Crippen LogP contribution in [0.1, 0.15) is 17.2 Å². The Morgan fingerprint density at radius 2 is 1.16 bits per heavy atom. The average molecular weight is 558 g/mol. The fraction of sp³-hybridized carbons (Fsp3) is 0.0370. The van der Waals surface area contributed by atoms with Crippen LogP contribution in [0.5, 0.6) is 0 Å². The number of aromatic nitrogens is 2. The van der Waals surface area contributed by atoms with Crippen molar-refractivity contribution in [1.29, 1.82) is 0 Å². The number of pyridine rings is 2. The first-order valence-corrected chi connectivity index (χ1v) is 10.00. The summed E-state index contributed by atoms with van der Waals surface area (Å²) in [6, 6.07) is 30.5. The Morgan fingerprint density at radius 3 is 1.69 bits per heavy atom. The van der Waals surface area contributed by atoms with Gasteiger partial charge in [0.2, 0.25) is 0 Å². The van der Waals surface area contributed by atoms with E-state index in [0.717, 1.165) is 27.4 Å². The van der Waals surface area contributed by atoms with Crippen LogP contribution < -0.4 is 0 Å². The SMILES string of the molecule is O/C(=C\C(O)c1ccccc1)c1ccccc1.[Eu].c1cnc2c(c1)ccc1cccnc12. The van der Waals surface area contributed by atoms with Crippen LogP contribution in [0.15, 0.2) is 116 Å². The molecule has 1 radical (unpaired) electrons. The van der Waals surface area contributed by atoms with E-state index in [1.54, 1.807) is 24.5 Å². The molecule has 2 heterocycles. The van der Waals surface area contributed by atoms with E-state index in [2.05, 4.69) is 34.2 Å². The molecule has 0 saturated heterocycles. The summed E-state index contributed by atoms with van der Waals surface area (Å²) in [4.78, 5) is 8.69. The molecule has 3 aromatic carbocycles. The number of rotatable bonds is 3. The summed E-state index contributed by atoms with van der Waals surface area (Å²) in [5, 5.41) is 22.0. The van der Waals surface area contributed by atoms with E-state index in [1.165, 1.54) is 6.08 Å². The second kappa shape index (κ2) is 12.0. The molecule has 0 aliphatic heterocycles. The molecule has 0 amide bonds. The largest absolute Gasteiger partial charge is 0.508 e. The average Bonchev–Trinajstić information content (AvgIpc) is 2.85. The summed E-state index contributed by atoms with van der Waals surface area (Å²) in [6.07, 6.45) is 4.24. The first-order valence-electron chi connectivity index (χ1n) is 10.00. The maximum atomic E-state index is 9.92. The number of aliphatic hydroxyl groups excluding tert-OH is 2. The summed E-state index contributed by atoms with van der Waals surface area (Å²) >= 11 is 0. The second-order valence-corrected chi connectivity index (χ2v) is 6.99. The second-order valence-electron chi connectivity index (χ2n) is 6.99. The predicted molar refractivity (Wildman–Crippen MR) is 125 cm³/mol. The van der Waals surface area contributed by atoms with E-state index in [1.807, 2.05) is 60.7 Å². The standard InChI is InChI=1S/C15H14O2.C12H8N2.Eu/c16-14(12-7-3-1-4-8-12)11-15(17)13-9-5-2-6-10-13;1-3-9-5-6-10-4-2-8-14-12(10)11(9)13-7-1;/h1-11,14,16-17H;1-8H;/b15-11-;;. The Morgan fingerprint density at radius 1 is 0.656 bits per heavy atom. The quantitative estimate of drug-likeness (QED) is 0.208. The van der Waals surface area contributed by atoms with Crippen molar-refractivity contribution in [1.82, 2.24) is 9.97 Å². The molecular formula is C27H22EuN2O2. The van der Waals surface area contributed by atoms with Crippen molar-refractivity contribution >= 4 is 27.6 Å². The van der Waals surface area contributed by atoms with E-state index in [0.29, 0.717) is 5.56 Å². The molecule has 0 bridgehead atoms. The predicted octanol–water partition coefficient (Wildman–Crippen LogP) is 6.10. The fourth-order valence-corrected chi connectivity index (χ4v) is 3.28. The third-order valence-corrected chi connectivity index (χ3v) is 4.87. The van der Waals surface area contributed by atoms with Crippen LogP contribution in [0, 0.1) is 49.4 Å². The molecule has 5 aromatic rings. The van der Waals surface area contributed by atoms with E-state index in [4.69, 9.17) is 0 Å². The van der Waals surface area contributed by atoms with Gasteiger partial charge >= 0.3 is 0 Å². The first-order chi connectivity index (χ1) is 15.2. The van der Waals surface area contributed by atoms with Gasteiger partial charge in [0.05, 0.1) is 11.0 Å². The molecule has 2 aromatic heterocycles. The monoisotopic (exact) mass is 559 g/mol. The van der Waals surface area contributed by atoms with E-state index >= 15 is 0 Å². The van der Waals surface area contributed by atoms with Crippen molar-refractivity contribution in [3.05, 3.63) is 127 Å². The molecule has 159 valence electrons. The Hall–Kier alpha value is -2.44. The topological polar surface area (TPSA) is 66.2 Å². The maximum Gasteiger partial charge on any atom is 0.121 e. The molecule has 4 nitrogen and oxygen atoms in total. The number of hydrogen-bond acceptors (Lipinski definition) is 4. The normalized spacial score (nSPS) is 11.8. The molecule has 1 unspecified atom stereocenters. The van der Waals surface area contributed by atoms with Gasteiger partial charge in [-0.3, -0.25) is 9.97 Å². The molecule has 1 atom stereocenters. The third-order valence-electron chi connectivity index (χ3n) is 4.87. The molecule has 2 N–H and O–H groups in total. The van der Waals surface area contributed by atoms with Gasteiger partial charge in [0.1, 0.15) is 11.9 Å². The van der Waals surface area contributed by atoms with Crippen molar-refractivity contribution < 1.29 is 59.6 Å². The molecule has 0 fully saturated rings. The van der Waals surface area contributed by atoms with Crippen molar-refractivity contribution in [3.63, 3.8) is 0 Å². The van der Waals surface area contributed by atoms with Crippen LogP contribution in [-0.2, 0) is 0 Å². The minimum absolute atomic E-state index is 0. The van der Waals surface area contributed by atoms with Crippen molar-refractivity contribution in [3.8, 4) is 0 Å². The number of aliphatic hydroxyl groups is 2. The smallest absolute Gasteiger partial charge is 0.121 e. The van der Waals surface area contributed by atoms with Crippen LogP contribution in [0.4, 0.5) is 0 Å². The summed E-state index contributed by atoms with van der Waals surface area (Å²) in [5.74, 6) is 0.0851. The summed E-state index contributed by atoms with van der Waals surface area (Å²) < 4.78 is 0. The zero-order chi connectivity index (χ0) is 21.5. The van der Waals surface area contributed by atoms with Gasteiger partial charge in [-0.25, -0.2) is 0 Å². The van der Waals surface area contributed by atoms with Gasteiger partial charge in [-0.2, -0.15) is 0 Å². The van der Waals surface area contributed by atoms with Gasteiger partial charge < -0.3 is 10.2 Å².